The van der Waals surface area contributed by atoms with Gasteiger partial charge < -0.3 is 10.4 Å². The molecule has 1 fully saturated rings. The Labute approximate surface area is 139 Å². The van der Waals surface area contributed by atoms with Crippen molar-refractivity contribution in [1.82, 2.24) is 10.3 Å². The van der Waals surface area contributed by atoms with Gasteiger partial charge in [0.05, 0.1) is 11.5 Å². The summed E-state index contributed by atoms with van der Waals surface area (Å²) in [5.74, 6) is 2.16. The van der Waals surface area contributed by atoms with E-state index in [0.717, 1.165) is 5.56 Å². The lowest BCUT2D eigenvalue weighted by Gasteiger charge is -2.40. The number of hydrogen-bond donors (Lipinski definition) is 3. The van der Waals surface area contributed by atoms with Crippen molar-refractivity contribution in [3.05, 3.63) is 66.3 Å². The van der Waals surface area contributed by atoms with E-state index < -0.39 is 5.72 Å². The summed E-state index contributed by atoms with van der Waals surface area (Å²) in [6.45, 7) is 1.69. The number of hydrogen-bond acceptors (Lipinski definition) is 4. The minimum Gasteiger partial charge on any atom is -0.366 e. The monoisotopic (exact) mass is 325 g/mol. The Hall–Kier alpha value is -2.40. The van der Waals surface area contributed by atoms with Crippen LogP contribution in [0.1, 0.15) is 24.4 Å². The van der Waals surface area contributed by atoms with Crippen LogP contribution in [0.15, 0.2) is 60.7 Å². The molecule has 0 spiro atoms. The highest BCUT2D eigenvalue weighted by Gasteiger charge is 2.52. The van der Waals surface area contributed by atoms with E-state index in [9.17, 15) is 5.11 Å². The van der Waals surface area contributed by atoms with Crippen LogP contribution in [0.3, 0.4) is 0 Å². The summed E-state index contributed by atoms with van der Waals surface area (Å²) in [5, 5.41) is 21.6. The van der Waals surface area contributed by atoms with Crippen molar-refractivity contribution in [3.63, 3.8) is 0 Å². The number of nitrogens with zero attached hydrogens (tertiary/aromatic N) is 2. The predicted molar refractivity (Wildman–Crippen MR) is 90.2 cm³/mol. The van der Waals surface area contributed by atoms with E-state index >= 15 is 0 Å². The van der Waals surface area contributed by atoms with Crippen molar-refractivity contribution >= 4 is 23.1 Å². The zero-order valence-corrected chi connectivity index (χ0v) is 13.4. The number of thiocarbonyl (C=S) groups is 1. The van der Waals surface area contributed by atoms with Crippen molar-refractivity contribution in [2.24, 2.45) is 0 Å². The second-order valence-corrected chi connectivity index (χ2v) is 6.07. The van der Waals surface area contributed by atoms with Gasteiger partial charge in [-0.2, -0.15) is 4.57 Å². The molecule has 0 aromatic carbocycles. The van der Waals surface area contributed by atoms with E-state index in [1.807, 2.05) is 47.3 Å². The van der Waals surface area contributed by atoms with Crippen molar-refractivity contribution in [3.8, 4) is 0 Å². The summed E-state index contributed by atoms with van der Waals surface area (Å²) in [5.41, 5.74) is 0.219. The van der Waals surface area contributed by atoms with Crippen LogP contribution in [0, 0.1) is 5.41 Å². The number of aromatic nitrogens is 2. The van der Waals surface area contributed by atoms with Gasteiger partial charge in [0.2, 0.25) is 6.04 Å². The Bertz CT molecular complexity index is 770. The Morgan fingerprint density at radius 3 is 2.57 bits per heavy atom. The summed E-state index contributed by atoms with van der Waals surface area (Å²) >= 11 is 5.34. The molecule has 3 N–H and O–H groups in total. The standard InChI is InChI=1S/C17H16N4OS/c1-17(22)15(21-9-3-2-4-10-21)14(12-5-7-19-8-6-12)13(11-18)16(23)20-17/h2-10,14-15,18,22H,1H3/p+1/t14-,15+,17+/m0/s1. The highest BCUT2D eigenvalue weighted by molar-refractivity contribution is 7.80. The second kappa shape index (κ2) is 6.01. The van der Waals surface area contributed by atoms with Gasteiger partial charge in [-0.15, -0.1) is 0 Å². The fourth-order valence-corrected chi connectivity index (χ4v) is 3.49. The molecule has 6 heteroatoms. The van der Waals surface area contributed by atoms with Crippen LogP contribution in [0.4, 0.5) is 0 Å². The van der Waals surface area contributed by atoms with Crippen molar-refractivity contribution < 1.29 is 9.67 Å². The predicted octanol–water partition coefficient (Wildman–Crippen LogP) is 1.51. The molecular formula is C17H17N4OS+. The molecule has 1 saturated heterocycles. The van der Waals surface area contributed by atoms with Gasteiger partial charge in [-0.3, -0.25) is 10.4 Å². The Kier molecular flexibility index (Phi) is 4.05. The van der Waals surface area contributed by atoms with E-state index in [0.29, 0.717) is 10.6 Å². The van der Waals surface area contributed by atoms with Crippen LogP contribution in [0.25, 0.3) is 0 Å². The van der Waals surface area contributed by atoms with Crippen LogP contribution in [-0.4, -0.2) is 26.7 Å². The molecule has 3 rings (SSSR count). The quantitative estimate of drug-likeness (QED) is 0.339. The first-order valence-corrected chi connectivity index (χ1v) is 7.65. The lowest BCUT2D eigenvalue weighted by molar-refractivity contribution is -0.740. The van der Waals surface area contributed by atoms with E-state index in [1.54, 1.807) is 19.3 Å². The summed E-state index contributed by atoms with van der Waals surface area (Å²) in [7, 11) is 0. The van der Waals surface area contributed by atoms with Crippen LogP contribution < -0.4 is 9.88 Å². The average Bonchev–Trinajstić information content (AvgIpc) is 2.55. The third-order valence-corrected chi connectivity index (χ3v) is 4.40. The summed E-state index contributed by atoms with van der Waals surface area (Å²) in [4.78, 5) is 4.40. The molecule has 116 valence electrons. The first-order chi connectivity index (χ1) is 11.0. The third kappa shape index (κ3) is 2.80. The molecular weight excluding hydrogens is 308 g/mol. The molecule has 5 nitrogen and oxygen atoms in total. The fourth-order valence-electron chi connectivity index (χ4n) is 3.11. The van der Waals surface area contributed by atoms with E-state index in [1.165, 1.54) is 0 Å². The van der Waals surface area contributed by atoms with Crippen LogP contribution >= 0.6 is 12.2 Å². The van der Waals surface area contributed by atoms with Crippen LogP contribution in [-0.2, 0) is 0 Å². The van der Waals surface area contributed by atoms with Gasteiger partial charge in [-0.05, 0) is 30.5 Å². The minimum atomic E-state index is -1.27. The molecule has 0 bridgehead atoms. The smallest absolute Gasteiger partial charge is 0.216 e. The molecule has 1 aliphatic rings. The third-order valence-electron chi connectivity index (χ3n) is 4.07. The number of nitrogens with one attached hydrogen (secondary N) is 2. The zero-order chi connectivity index (χ0) is 16.4. The SMILES string of the molecule is C[C@]1(O)NC(=S)C(=C=N)[C@H](c2ccncc2)[C@H]1[n+]1ccccc1. The zero-order valence-electron chi connectivity index (χ0n) is 12.6. The minimum absolute atomic E-state index is 0.299. The Morgan fingerprint density at radius 2 is 1.96 bits per heavy atom. The topological polar surface area (TPSA) is 72.9 Å². The first-order valence-electron chi connectivity index (χ1n) is 7.25. The molecule has 0 amide bonds. The molecule has 3 atom stereocenters. The molecule has 2 aromatic rings. The molecule has 0 saturated carbocycles. The number of pyridine rings is 2. The molecule has 3 heterocycles. The van der Waals surface area contributed by atoms with Crippen LogP contribution in [0.5, 0.6) is 0 Å². The number of piperidine rings is 1. The van der Waals surface area contributed by atoms with Gasteiger partial charge in [-0.25, -0.2) is 0 Å². The largest absolute Gasteiger partial charge is 0.366 e. The van der Waals surface area contributed by atoms with Crippen LogP contribution in [0.2, 0.25) is 0 Å². The summed E-state index contributed by atoms with van der Waals surface area (Å²) in [6.07, 6.45) is 7.18. The molecule has 0 radical (unpaired) electrons. The molecule has 0 unspecified atom stereocenters. The van der Waals surface area contributed by atoms with E-state index in [-0.39, 0.29) is 12.0 Å². The van der Waals surface area contributed by atoms with Gasteiger partial charge in [-0.1, -0.05) is 18.3 Å². The maximum Gasteiger partial charge on any atom is 0.216 e. The van der Waals surface area contributed by atoms with Crippen molar-refractivity contribution in [1.29, 1.82) is 5.41 Å². The van der Waals surface area contributed by atoms with E-state index in [2.05, 4.69) is 16.2 Å². The second-order valence-electron chi connectivity index (χ2n) is 5.67. The van der Waals surface area contributed by atoms with Gasteiger partial charge in [0.1, 0.15) is 4.99 Å². The fraction of sp³-hybridized carbons (Fsp3) is 0.235. The number of rotatable bonds is 2. The summed E-state index contributed by atoms with van der Waals surface area (Å²) < 4.78 is 1.93. The average molecular weight is 325 g/mol. The van der Waals surface area contributed by atoms with Crippen molar-refractivity contribution in [2.75, 3.05) is 0 Å². The highest BCUT2D eigenvalue weighted by atomic mass is 32.1. The molecule has 0 aliphatic carbocycles. The number of aliphatic hydroxyl groups is 1. The maximum absolute atomic E-state index is 11.0. The molecule has 2 aromatic heterocycles. The van der Waals surface area contributed by atoms with Gasteiger partial charge >= 0.3 is 0 Å². The Morgan fingerprint density at radius 1 is 1.30 bits per heavy atom. The lowest BCUT2D eigenvalue weighted by atomic mass is 9.77. The molecule has 1 aliphatic heterocycles. The van der Waals surface area contributed by atoms with Crippen molar-refractivity contribution in [2.45, 2.75) is 24.6 Å². The lowest BCUT2D eigenvalue weighted by Crippen LogP contribution is -2.65. The van der Waals surface area contributed by atoms with Gasteiger partial charge in [0.15, 0.2) is 18.1 Å². The first kappa shape index (κ1) is 15.5. The van der Waals surface area contributed by atoms with Gasteiger partial charge in [0, 0.05) is 24.5 Å². The summed E-state index contributed by atoms with van der Waals surface area (Å²) in [6, 6.07) is 9.10. The normalized spacial score (nSPS) is 27.2. The molecule has 23 heavy (non-hydrogen) atoms. The highest BCUT2D eigenvalue weighted by Crippen LogP contribution is 2.40. The Balaban J connectivity index is 2.22. The van der Waals surface area contributed by atoms with E-state index in [4.69, 9.17) is 17.6 Å². The van der Waals surface area contributed by atoms with Gasteiger partial charge in [0.25, 0.3) is 0 Å². The maximum atomic E-state index is 11.0.